The fourth-order valence-electron chi connectivity index (χ4n) is 2.49. The monoisotopic (exact) mass is 331 g/mol. The van der Waals surface area contributed by atoms with Gasteiger partial charge < -0.3 is 9.64 Å². The fourth-order valence-corrected chi connectivity index (χ4v) is 3.53. The van der Waals surface area contributed by atoms with Gasteiger partial charge in [-0.2, -0.15) is 0 Å². The molecule has 1 heterocycles. The SMILES string of the molecule is COC1CCN(C(=O)c2cc(C)ccc2S(=O)(=O)Cl)CC1. The van der Waals surface area contributed by atoms with E-state index in [4.69, 9.17) is 15.4 Å². The summed E-state index contributed by atoms with van der Waals surface area (Å²) in [6.07, 6.45) is 1.65. The van der Waals surface area contributed by atoms with E-state index in [0.717, 1.165) is 18.4 Å². The highest BCUT2D eigenvalue weighted by atomic mass is 35.7. The zero-order chi connectivity index (χ0) is 15.6. The lowest BCUT2D eigenvalue weighted by Gasteiger charge is -2.31. The Bertz CT molecular complexity index is 636. The molecule has 1 aromatic rings. The molecule has 2 rings (SSSR count). The first kappa shape index (κ1) is 16.3. The Morgan fingerprint density at radius 2 is 1.95 bits per heavy atom. The number of carbonyl (C=O) groups is 1. The summed E-state index contributed by atoms with van der Waals surface area (Å²) in [7, 11) is 3.13. The van der Waals surface area contributed by atoms with Gasteiger partial charge in [0.1, 0.15) is 0 Å². The number of hydrogen-bond donors (Lipinski definition) is 0. The number of nitrogens with zero attached hydrogens (tertiary/aromatic N) is 1. The molecule has 1 fully saturated rings. The molecule has 1 aliphatic heterocycles. The molecule has 7 heteroatoms. The molecule has 0 bridgehead atoms. The predicted molar refractivity (Wildman–Crippen MR) is 80.2 cm³/mol. The van der Waals surface area contributed by atoms with Gasteiger partial charge in [-0.05, 0) is 31.9 Å². The lowest BCUT2D eigenvalue weighted by atomic mass is 10.1. The second kappa shape index (κ2) is 6.34. The molecule has 0 atom stereocenters. The van der Waals surface area contributed by atoms with Gasteiger partial charge in [-0.1, -0.05) is 11.6 Å². The van der Waals surface area contributed by atoms with Gasteiger partial charge in [0.25, 0.3) is 15.0 Å². The molecular formula is C14H18ClNO4S. The second-order valence-corrected chi connectivity index (χ2v) is 7.70. The van der Waals surface area contributed by atoms with Crippen molar-refractivity contribution in [1.29, 1.82) is 0 Å². The number of hydrogen-bond acceptors (Lipinski definition) is 4. The third-order valence-corrected chi connectivity index (χ3v) is 5.07. The Kier molecular flexibility index (Phi) is 4.91. The van der Waals surface area contributed by atoms with Crippen molar-refractivity contribution < 1.29 is 17.9 Å². The molecular weight excluding hydrogens is 314 g/mol. The highest BCUT2D eigenvalue weighted by molar-refractivity contribution is 8.13. The minimum atomic E-state index is -3.95. The summed E-state index contributed by atoms with van der Waals surface area (Å²) in [6.45, 7) is 2.90. The Morgan fingerprint density at radius 1 is 1.33 bits per heavy atom. The van der Waals surface area contributed by atoms with Crippen LogP contribution in [0.5, 0.6) is 0 Å². The molecule has 21 heavy (non-hydrogen) atoms. The number of likely N-dealkylation sites (tertiary alicyclic amines) is 1. The van der Waals surface area contributed by atoms with Crippen molar-refractivity contribution in [3.8, 4) is 0 Å². The molecule has 0 saturated carbocycles. The van der Waals surface area contributed by atoms with Crippen molar-refractivity contribution in [3.63, 3.8) is 0 Å². The van der Waals surface area contributed by atoms with Gasteiger partial charge in [0.15, 0.2) is 0 Å². The van der Waals surface area contributed by atoms with E-state index >= 15 is 0 Å². The number of halogens is 1. The van der Waals surface area contributed by atoms with E-state index in [0.29, 0.717) is 13.1 Å². The Balaban J connectivity index is 2.29. The van der Waals surface area contributed by atoms with Crippen LogP contribution < -0.4 is 0 Å². The highest BCUT2D eigenvalue weighted by Gasteiger charge is 2.27. The number of rotatable bonds is 3. The summed E-state index contributed by atoms with van der Waals surface area (Å²) in [5.74, 6) is -0.299. The first-order valence-electron chi connectivity index (χ1n) is 6.70. The standard InChI is InChI=1S/C14H18ClNO4S/c1-10-3-4-13(21(15,18)19)12(9-10)14(17)16-7-5-11(20-2)6-8-16/h3-4,9,11H,5-8H2,1-2H3. The number of carbonyl (C=O) groups excluding carboxylic acids is 1. The molecule has 1 aromatic carbocycles. The number of ether oxygens (including phenoxy) is 1. The topological polar surface area (TPSA) is 63.7 Å². The van der Waals surface area contributed by atoms with Crippen LogP contribution in [0.2, 0.25) is 0 Å². The summed E-state index contributed by atoms with van der Waals surface area (Å²) < 4.78 is 28.5. The van der Waals surface area contributed by atoms with E-state index in [9.17, 15) is 13.2 Å². The Labute approximate surface area is 129 Å². The molecule has 1 aliphatic rings. The number of aryl methyl sites for hydroxylation is 1. The van der Waals surface area contributed by atoms with Crippen molar-refractivity contribution in [2.75, 3.05) is 20.2 Å². The third-order valence-electron chi connectivity index (χ3n) is 3.69. The predicted octanol–water partition coefficient (Wildman–Crippen LogP) is 2.17. The largest absolute Gasteiger partial charge is 0.381 e. The molecule has 0 spiro atoms. The van der Waals surface area contributed by atoms with E-state index in [1.165, 1.54) is 6.07 Å². The number of piperidine rings is 1. The summed E-state index contributed by atoms with van der Waals surface area (Å²) in [4.78, 5) is 14.1. The minimum absolute atomic E-state index is 0.131. The molecule has 1 saturated heterocycles. The minimum Gasteiger partial charge on any atom is -0.381 e. The van der Waals surface area contributed by atoms with Crippen LogP contribution in [-0.2, 0) is 13.8 Å². The van der Waals surface area contributed by atoms with Gasteiger partial charge in [-0.3, -0.25) is 4.79 Å². The van der Waals surface area contributed by atoms with Gasteiger partial charge in [0.05, 0.1) is 16.6 Å². The van der Waals surface area contributed by atoms with Gasteiger partial charge in [0, 0.05) is 30.9 Å². The van der Waals surface area contributed by atoms with Crippen molar-refractivity contribution in [2.45, 2.75) is 30.8 Å². The van der Waals surface area contributed by atoms with Crippen molar-refractivity contribution in [1.82, 2.24) is 4.90 Å². The maximum atomic E-state index is 12.6. The molecule has 116 valence electrons. The van der Waals surface area contributed by atoms with Crippen LogP contribution in [0.1, 0.15) is 28.8 Å². The normalized spacial score (nSPS) is 17.0. The summed E-state index contributed by atoms with van der Waals surface area (Å²) >= 11 is 0. The lowest BCUT2D eigenvalue weighted by Crippen LogP contribution is -2.41. The van der Waals surface area contributed by atoms with Crippen LogP contribution in [0, 0.1) is 6.92 Å². The van der Waals surface area contributed by atoms with Gasteiger partial charge in [-0.25, -0.2) is 8.42 Å². The smallest absolute Gasteiger partial charge is 0.262 e. The quantitative estimate of drug-likeness (QED) is 0.796. The van der Waals surface area contributed by atoms with Crippen molar-refractivity contribution in [3.05, 3.63) is 29.3 Å². The van der Waals surface area contributed by atoms with Crippen LogP contribution in [-0.4, -0.2) is 45.5 Å². The summed E-state index contributed by atoms with van der Waals surface area (Å²) in [6, 6.07) is 4.58. The van der Waals surface area contributed by atoms with Crippen LogP contribution in [0.3, 0.4) is 0 Å². The summed E-state index contributed by atoms with van der Waals surface area (Å²) in [5, 5.41) is 0. The first-order valence-corrected chi connectivity index (χ1v) is 9.01. The van der Waals surface area contributed by atoms with E-state index < -0.39 is 9.05 Å². The first-order chi connectivity index (χ1) is 9.82. The summed E-state index contributed by atoms with van der Waals surface area (Å²) in [5.41, 5.74) is 0.954. The average molecular weight is 332 g/mol. The maximum Gasteiger partial charge on any atom is 0.262 e. The van der Waals surface area contributed by atoms with E-state index in [2.05, 4.69) is 0 Å². The van der Waals surface area contributed by atoms with Crippen LogP contribution in [0.15, 0.2) is 23.1 Å². The van der Waals surface area contributed by atoms with Gasteiger partial charge in [0.2, 0.25) is 0 Å². The van der Waals surface area contributed by atoms with Crippen LogP contribution >= 0.6 is 10.7 Å². The molecule has 5 nitrogen and oxygen atoms in total. The van der Waals surface area contributed by atoms with Crippen LogP contribution in [0.4, 0.5) is 0 Å². The third kappa shape index (κ3) is 3.75. The van der Waals surface area contributed by atoms with Gasteiger partial charge in [-0.15, -0.1) is 0 Å². The maximum absolute atomic E-state index is 12.6. The highest BCUT2D eigenvalue weighted by Crippen LogP contribution is 2.24. The fraction of sp³-hybridized carbons (Fsp3) is 0.500. The molecule has 0 radical (unpaired) electrons. The van der Waals surface area contributed by atoms with Crippen molar-refractivity contribution in [2.24, 2.45) is 0 Å². The van der Waals surface area contributed by atoms with Gasteiger partial charge >= 0.3 is 0 Å². The zero-order valence-electron chi connectivity index (χ0n) is 12.0. The molecule has 0 aromatic heterocycles. The van der Waals surface area contributed by atoms with E-state index in [-0.39, 0.29) is 22.5 Å². The molecule has 0 aliphatic carbocycles. The number of methoxy groups -OCH3 is 1. The Hall–Kier alpha value is -1.11. The molecule has 0 unspecified atom stereocenters. The zero-order valence-corrected chi connectivity index (χ0v) is 13.6. The van der Waals surface area contributed by atoms with E-state index in [1.54, 1.807) is 31.1 Å². The number of benzene rings is 1. The lowest BCUT2D eigenvalue weighted by molar-refractivity contribution is 0.0348. The number of amides is 1. The molecule has 0 N–H and O–H groups in total. The average Bonchev–Trinajstić information content (AvgIpc) is 2.45. The van der Waals surface area contributed by atoms with E-state index in [1.807, 2.05) is 0 Å². The molecule has 1 amide bonds. The van der Waals surface area contributed by atoms with Crippen LogP contribution in [0.25, 0.3) is 0 Å². The Morgan fingerprint density at radius 3 is 2.48 bits per heavy atom. The van der Waals surface area contributed by atoms with Crippen molar-refractivity contribution >= 4 is 25.6 Å². The second-order valence-electron chi connectivity index (χ2n) is 5.16.